The van der Waals surface area contributed by atoms with E-state index in [1.807, 2.05) is 0 Å². The molecule has 7 nitrogen and oxygen atoms in total. The van der Waals surface area contributed by atoms with E-state index in [-0.39, 0.29) is 30.3 Å². The first-order valence-corrected chi connectivity index (χ1v) is 6.82. The summed E-state index contributed by atoms with van der Waals surface area (Å²) < 4.78 is 0. The molecule has 0 amide bonds. The van der Waals surface area contributed by atoms with E-state index in [2.05, 4.69) is 9.88 Å². The highest BCUT2D eigenvalue weighted by Crippen LogP contribution is 2.22. The molecule has 110 valence electrons. The van der Waals surface area contributed by atoms with E-state index < -0.39 is 4.92 Å². The summed E-state index contributed by atoms with van der Waals surface area (Å²) in [4.78, 5) is 26.9. The van der Waals surface area contributed by atoms with E-state index in [1.165, 1.54) is 12.3 Å². The normalized spacial score (nSPS) is 19.4. The van der Waals surface area contributed by atoms with Gasteiger partial charge in [-0.3, -0.25) is 19.8 Å². The van der Waals surface area contributed by atoms with Crippen LogP contribution in [0.15, 0.2) is 12.3 Å². The van der Waals surface area contributed by atoms with Gasteiger partial charge in [0.05, 0.1) is 23.4 Å². The summed E-state index contributed by atoms with van der Waals surface area (Å²) in [6, 6.07) is 1.61. The van der Waals surface area contributed by atoms with Crippen LogP contribution in [-0.2, 0) is 0 Å². The average Bonchev–Trinajstić information content (AvgIpc) is 3.05. The van der Waals surface area contributed by atoms with Crippen LogP contribution in [-0.4, -0.2) is 51.4 Å². The number of hydrogen-bond donors (Lipinski definition) is 2. The minimum atomic E-state index is -0.521. The van der Waals surface area contributed by atoms with E-state index in [4.69, 9.17) is 5.11 Å². The molecular formula is C13H19N3O4. The van der Waals surface area contributed by atoms with Crippen molar-refractivity contribution in [3.63, 3.8) is 0 Å². The number of aliphatic hydroxyl groups excluding tert-OH is 1. The number of rotatable bonds is 7. The molecule has 0 spiro atoms. The third kappa shape index (κ3) is 3.43. The zero-order chi connectivity index (χ0) is 14.5. The molecule has 1 saturated heterocycles. The topological polar surface area (TPSA) is 99.5 Å². The Morgan fingerprint density at radius 3 is 3.05 bits per heavy atom. The lowest BCUT2D eigenvalue weighted by molar-refractivity contribution is -0.384. The van der Waals surface area contributed by atoms with Gasteiger partial charge in [0.1, 0.15) is 0 Å². The Bertz CT molecular complexity index is 486. The van der Waals surface area contributed by atoms with Crippen LogP contribution in [0.1, 0.15) is 36.2 Å². The fraction of sp³-hybridized carbons (Fsp3) is 0.615. The third-order valence-corrected chi connectivity index (χ3v) is 3.72. The van der Waals surface area contributed by atoms with Crippen molar-refractivity contribution in [2.24, 2.45) is 0 Å². The predicted molar refractivity (Wildman–Crippen MR) is 72.7 cm³/mol. The molecular weight excluding hydrogens is 262 g/mol. The summed E-state index contributed by atoms with van der Waals surface area (Å²) >= 11 is 0. The molecule has 1 aromatic rings. The molecule has 0 saturated carbocycles. The lowest BCUT2D eigenvalue weighted by Crippen LogP contribution is -2.34. The van der Waals surface area contributed by atoms with E-state index in [0.29, 0.717) is 6.04 Å². The molecule has 2 heterocycles. The lowest BCUT2D eigenvalue weighted by atomic mass is 10.1. The Morgan fingerprint density at radius 2 is 2.40 bits per heavy atom. The first kappa shape index (κ1) is 14.7. The highest BCUT2D eigenvalue weighted by Gasteiger charge is 2.26. The fourth-order valence-electron chi connectivity index (χ4n) is 2.68. The van der Waals surface area contributed by atoms with Crippen LogP contribution >= 0.6 is 0 Å². The Morgan fingerprint density at radius 1 is 1.60 bits per heavy atom. The summed E-state index contributed by atoms with van der Waals surface area (Å²) in [6.07, 6.45) is 4.95. The van der Waals surface area contributed by atoms with Crippen molar-refractivity contribution in [2.45, 2.75) is 31.7 Å². The van der Waals surface area contributed by atoms with Crippen LogP contribution in [0.5, 0.6) is 0 Å². The highest BCUT2D eigenvalue weighted by atomic mass is 16.6. The van der Waals surface area contributed by atoms with Gasteiger partial charge in [-0.15, -0.1) is 0 Å². The van der Waals surface area contributed by atoms with E-state index in [9.17, 15) is 14.9 Å². The van der Waals surface area contributed by atoms with Gasteiger partial charge in [0.2, 0.25) is 0 Å². The van der Waals surface area contributed by atoms with E-state index in [1.54, 1.807) is 0 Å². The molecule has 1 aromatic heterocycles. The van der Waals surface area contributed by atoms with Gasteiger partial charge in [-0.25, -0.2) is 0 Å². The molecule has 0 radical (unpaired) electrons. The van der Waals surface area contributed by atoms with Crippen LogP contribution in [0.4, 0.5) is 5.69 Å². The second kappa shape index (κ2) is 6.62. The molecule has 1 aliphatic heterocycles. The molecule has 1 aliphatic rings. The van der Waals surface area contributed by atoms with Crippen LogP contribution in [0, 0.1) is 10.1 Å². The fourth-order valence-corrected chi connectivity index (χ4v) is 2.68. The Hall–Kier alpha value is -1.73. The highest BCUT2D eigenvalue weighted by molar-refractivity contribution is 5.96. The summed E-state index contributed by atoms with van der Waals surface area (Å²) in [6.45, 7) is 1.31. The van der Waals surface area contributed by atoms with Gasteiger partial charge in [0.15, 0.2) is 5.78 Å². The summed E-state index contributed by atoms with van der Waals surface area (Å²) in [5.74, 6) is -0.131. The number of carbonyl (C=O) groups excluding carboxylic acids is 1. The van der Waals surface area contributed by atoms with Gasteiger partial charge >= 0.3 is 0 Å². The molecule has 0 bridgehead atoms. The molecule has 0 aliphatic carbocycles. The number of nitrogens with one attached hydrogen (secondary N) is 1. The molecule has 20 heavy (non-hydrogen) atoms. The van der Waals surface area contributed by atoms with Gasteiger partial charge in [-0.1, -0.05) is 0 Å². The minimum Gasteiger partial charge on any atom is -0.396 e. The largest absolute Gasteiger partial charge is 0.396 e. The minimum absolute atomic E-state index is 0.0911. The predicted octanol–water partition coefficient (Wildman–Crippen LogP) is 1.34. The maximum atomic E-state index is 12.1. The average molecular weight is 281 g/mol. The summed E-state index contributed by atoms with van der Waals surface area (Å²) in [5.41, 5.74) is 0.191. The number of nitro groups is 1. The summed E-state index contributed by atoms with van der Waals surface area (Å²) in [5, 5.41) is 19.5. The second-order valence-electron chi connectivity index (χ2n) is 5.08. The van der Waals surface area contributed by atoms with Crippen molar-refractivity contribution in [3.8, 4) is 0 Å². The molecule has 2 N–H and O–H groups in total. The maximum absolute atomic E-state index is 12.1. The molecule has 1 atom stereocenters. The van der Waals surface area contributed by atoms with Crippen molar-refractivity contribution >= 4 is 11.5 Å². The number of aromatic nitrogens is 1. The van der Waals surface area contributed by atoms with E-state index >= 15 is 0 Å². The molecule has 1 unspecified atom stereocenters. The quantitative estimate of drug-likeness (QED) is 0.446. The Kier molecular flexibility index (Phi) is 4.86. The Labute approximate surface area is 116 Å². The number of aliphatic hydroxyl groups is 1. The molecule has 2 rings (SSSR count). The number of ketones is 1. The first-order valence-electron chi connectivity index (χ1n) is 6.82. The summed E-state index contributed by atoms with van der Waals surface area (Å²) in [7, 11) is 0. The monoisotopic (exact) mass is 281 g/mol. The van der Waals surface area contributed by atoms with Crippen molar-refractivity contribution in [2.75, 3.05) is 19.7 Å². The SMILES string of the molecule is O=C(CN1CCCC1CCCO)c1cc([N+](=O)[O-])c[nH]1. The number of likely N-dealkylation sites (tertiary alicyclic amines) is 1. The zero-order valence-corrected chi connectivity index (χ0v) is 11.2. The van der Waals surface area contributed by atoms with Gasteiger partial charge in [-0.2, -0.15) is 0 Å². The number of Topliss-reactive ketones (excluding diaryl/α,β-unsaturated/α-hetero) is 1. The Balaban J connectivity index is 1.94. The van der Waals surface area contributed by atoms with Crippen molar-refractivity contribution in [1.29, 1.82) is 0 Å². The molecule has 7 heteroatoms. The van der Waals surface area contributed by atoms with Gasteiger partial charge in [0.25, 0.3) is 5.69 Å². The number of nitrogens with zero attached hydrogens (tertiary/aromatic N) is 2. The molecule has 1 fully saturated rings. The number of hydrogen-bond acceptors (Lipinski definition) is 5. The van der Waals surface area contributed by atoms with Crippen molar-refractivity contribution < 1.29 is 14.8 Å². The third-order valence-electron chi connectivity index (χ3n) is 3.72. The van der Waals surface area contributed by atoms with Crippen molar-refractivity contribution in [1.82, 2.24) is 9.88 Å². The van der Waals surface area contributed by atoms with Crippen LogP contribution in [0.3, 0.4) is 0 Å². The first-order chi connectivity index (χ1) is 9.61. The standard InChI is InChI=1S/C13H19N3O4/c17-6-2-4-10-3-1-5-15(10)9-13(18)12-7-11(8-14-12)16(19)20/h7-8,10,14,17H,1-6,9H2. The number of H-pyrrole nitrogens is 1. The number of carbonyl (C=O) groups is 1. The van der Waals surface area contributed by atoms with Gasteiger partial charge < -0.3 is 10.1 Å². The molecule has 0 aromatic carbocycles. The van der Waals surface area contributed by atoms with Crippen LogP contribution in [0.2, 0.25) is 0 Å². The van der Waals surface area contributed by atoms with E-state index in [0.717, 1.165) is 32.2 Å². The van der Waals surface area contributed by atoms with Crippen molar-refractivity contribution in [3.05, 3.63) is 28.1 Å². The van der Waals surface area contributed by atoms with Crippen LogP contribution < -0.4 is 0 Å². The lowest BCUT2D eigenvalue weighted by Gasteiger charge is -2.23. The smallest absolute Gasteiger partial charge is 0.287 e. The van der Waals surface area contributed by atoms with Gasteiger partial charge in [0, 0.05) is 18.7 Å². The number of aromatic amines is 1. The van der Waals surface area contributed by atoms with Crippen LogP contribution in [0.25, 0.3) is 0 Å². The van der Waals surface area contributed by atoms with Gasteiger partial charge in [-0.05, 0) is 32.2 Å². The zero-order valence-electron chi connectivity index (χ0n) is 11.2. The maximum Gasteiger partial charge on any atom is 0.287 e. The second-order valence-corrected chi connectivity index (χ2v) is 5.08.